The highest BCUT2D eigenvalue weighted by molar-refractivity contribution is 5.62. The van der Waals surface area contributed by atoms with E-state index in [9.17, 15) is 18.0 Å². The fourth-order valence-corrected chi connectivity index (χ4v) is 1.37. The molecule has 0 fully saturated rings. The lowest BCUT2D eigenvalue weighted by atomic mass is 10.1. The maximum Gasteiger partial charge on any atom is 0.225 e. The van der Waals surface area contributed by atoms with E-state index in [4.69, 9.17) is 0 Å². The summed E-state index contributed by atoms with van der Waals surface area (Å²) < 4.78 is 39.2. The van der Waals surface area contributed by atoms with Crippen LogP contribution in [-0.4, -0.2) is 4.98 Å². The summed E-state index contributed by atoms with van der Waals surface area (Å²) in [5, 5.41) is 0. The number of pyridine rings is 1. The zero-order valence-corrected chi connectivity index (χ0v) is 7.93. The topological polar surface area (TPSA) is 32.9 Å². The van der Waals surface area contributed by atoms with Crippen LogP contribution >= 0.6 is 0 Å². The summed E-state index contributed by atoms with van der Waals surface area (Å²) in [4.78, 5) is 13.7. The molecule has 0 saturated carbocycles. The maximum absolute atomic E-state index is 13.3. The second kappa shape index (κ2) is 3.84. The van der Waals surface area contributed by atoms with E-state index in [1.165, 1.54) is 12.1 Å². The van der Waals surface area contributed by atoms with Crippen LogP contribution in [0.5, 0.6) is 0 Å². The van der Waals surface area contributed by atoms with Crippen molar-refractivity contribution >= 4 is 0 Å². The molecule has 0 unspecified atom stereocenters. The second-order valence-electron chi connectivity index (χ2n) is 3.15. The first-order chi connectivity index (χ1) is 7.61. The molecule has 1 aromatic carbocycles. The van der Waals surface area contributed by atoms with E-state index in [-0.39, 0.29) is 11.1 Å². The largest absolute Gasteiger partial charge is 0.364 e. The van der Waals surface area contributed by atoms with Crippen LogP contribution in [0, 0.1) is 17.5 Å². The van der Waals surface area contributed by atoms with Crippen molar-refractivity contribution in [2.24, 2.45) is 0 Å². The Morgan fingerprint density at radius 2 is 1.69 bits per heavy atom. The Balaban J connectivity index is 2.73. The van der Waals surface area contributed by atoms with Gasteiger partial charge in [0, 0.05) is 18.0 Å². The lowest BCUT2D eigenvalue weighted by Crippen LogP contribution is -2.10. The van der Waals surface area contributed by atoms with E-state index in [2.05, 4.69) is 4.98 Å². The van der Waals surface area contributed by atoms with Gasteiger partial charge in [-0.3, -0.25) is 4.79 Å². The molecular weight excluding hydrogens is 219 g/mol. The number of benzene rings is 1. The van der Waals surface area contributed by atoms with E-state index >= 15 is 0 Å². The van der Waals surface area contributed by atoms with Gasteiger partial charge in [0.15, 0.2) is 17.5 Å². The van der Waals surface area contributed by atoms with Crippen LogP contribution in [0.3, 0.4) is 0 Å². The Labute approximate surface area is 88.4 Å². The molecule has 5 heteroatoms. The normalized spacial score (nSPS) is 10.4. The number of aromatic amines is 1. The van der Waals surface area contributed by atoms with Gasteiger partial charge in [0.1, 0.15) is 0 Å². The van der Waals surface area contributed by atoms with Gasteiger partial charge in [-0.1, -0.05) is 12.1 Å². The molecule has 2 aromatic rings. The molecular formula is C11H6F3NO. The molecule has 1 N–H and O–H groups in total. The van der Waals surface area contributed by atoms with Gasteiger partial charge in [-0.05, 0) is 6.07 Å². The molecule has 2 rings (SSSR count). The highest BCUT2D eigenvalue weighted by Crippen LogP contribution is 2.20. The Morgan fingerprint density at radius 3 is 2.44 bits per heavy atom. The molecule has 0 spiro atoms. The monoisotopic (exact) mass is 225 g/mol. The summed E-state index contributed by atoms with van der Waals surface area (Å²) in [7, 11) is 0. The Kier molecular flexibility index (Phi) is 2.52. The van der Waals surface area contributed by atoms with Crippen LogP contribution in [0.1, 0.15) is 0 Å². The third-order valence-corrected chi connectivity index (χ3v) is 2.14. The molecule has 0 amide bonds. The first-order valence-corrected chi connectivity index (χ1v) is 4.42. The Morgan fingerprint density at radius 1 is 0.938 bits per heavy atom. The summed E-state index contributed by atoms with van der Waals surface area (Å²) in [6.45, 7) is 0. The molecule has 82 valence electrons. The number of hydrogen-bond acceptors (Lipinski definition) is 1. The molecule has 0 aliphatic heterocycles. The molecule has 0 aliphatic rings. The molecule has 0 aliphatic carbocycles. The smallest absolute Gasteiger partial charge is 0.225 e. The van der Waals surface area contributed by atoms with Crippen molar-refractivity contribution in [1.82, 2.24) is 4.98 Å². The third-order valence-electron chi connectivity index (χ3n) is 2.14. The summed E-state index contributed by atoms with van der Waals surface area (Å²) in [5.74, 6) is -3.29. The first kappa shape index (κ1) is 10.5. The first-order valence-electron chi connectivity index (χ1n) is 4.42. The molecule has 16 heavy (non-hydrogen) atoms. The predicted octanol–water partition coefficient (Wildman–Crippen LogP) is 2.46. The Bertz CT molecular complexity index is 592. The highest BCUT2D eigenvalue weighted by Gasteiger charge is 2.14. The van der Waals surface area contributed by atoms with Gasteiger partial charge < -0.3 is 4.98 Å². The van der Waals surface area contributed by atoms with E-state index in [1.54, 1.807) is 0 Å². The van der Waals surface area contributed by atoms with Gasteiger partial charge in [0.25, 0.3) is 0 Å². The van der Waals surface area contributed by atoms with Crippen LogP contribution in [-0.2, 0) is 0 Å². The number of aromatic nitrogens is 1. The van der Waals surface area contributed by atoms with Gasteiger partial charge in [-0.2, -0.15) is 0 Å². The zero-order chi connectivity index (χ0) is 11.7. The lowest BCUT2D eigenvalue weighted by molar-refractivity contribution is 0.511. The van der Waals surface area contributed by atoms with E-state index in [0.29, 0.717) is 0 Å². The third kappa shape index (κ3) is 1.60. The predicted molar refractivity (Wildman–Crippen MR) is 52.4 cm³/mol. The molecule has 0 radical (unpaired) electrons. The van der Waals surface area contributed by atoms with Gasteiger partial charge in [0.05, 0.1) is 5.56 Å². The van der Waals surface area contributed by atoms with Gasteiger partial charge in [0.2, 0.25) is 5.43 Å². The van der Waals surface area contributed by atoms with Crippen molar-refractivity contribution in [2.75, 3.05) is 0 Å². The van der Waals surface area contributed by atoms with Gasteiger partial charge >= 0.3 is 0 Å². The van der Waals surface area contributed by atoms with Crippen molar-refractivity contribution in [2.45, 2.75) is 0 Å². The fourth-order valence-electron chi connectivity index (χ4n) is 1.37. The summed E-state index contributed by atoms with van der Waals surface area (Å²) in [6, 6.07) is 3.38. The summed E-state index contributed by atoms with van der Waals surface area (Å²) in [6.07, 6.45) is 1.98. The van der Waals surface area contributed by atoms with Crippen LogP contribution < -0.4 is 5.43 Å². The minimum absolute atomic E-state index is 0.239. The molecule has 1 aromatic heterocycles. The number of nitrogens with one attached hydrogen (secondary N) is 1. The number of H-pyrrole nitrogens is 1. The second-order valence-corrected chi connectivity index (χ2v) is 3.15. The van der Waals surface area contributed by atoms with Crippen LogP contribution in [0.25, 0.3) is 11.1 Å². The van der Waals surface area contributed by atoms with Gasteiger partial charge in [-0.25, -0.2) is 13.2 Å². The molecule has 0 saturated heterocycles. The van der Waals surface area contributed by atoms with Crippen molar-refractivity contribution in [3.8, 4) is 11.1 Å². The Hall–Kier alpha value is -2.04. The van der Waals surface area contributed by atoms with Crippen molar-refractivity contribution in [3.05, 3.63) is 58.3 Å². The van der Waals surface area contributed by atoms with Crippen LogP contribution in [0.15, 0.2) is 35.4 Å². The molecule has 2 nitrogen and oxygen atoms in total. The van der Waals surface area contributed by atoms with Gasteiger partial charge in [-0.15, -0.1) is 0 Å². The van der Waals surface area contributed by atoms with E-state index in [1.807, 2.05) is 0 Å². The standard InChI is InChI=1S/C11H6F3NO/c12-8-3-1-2-6(10(8)14)7-4-15-5-9(13)11(7)16/h1-5H,(H,15,16). The van der Waals surface area contributed by atoms with Crippen LogP contribution in [0.2, 0.25) is 0 Å². The number of rotatable bonds is 1. The quantitative estimate of drug-likeness (QED) is 0.794. The summed E-state index contributed by atoms with van der Waals surface area (Å²) >= 11 is 0. The summed E-state index contributed by atoms with van der Waals surface area (Å²) in [5.41, 5.74) is -1.47. The van der Waals surface area contributed by atoms with E-state index < -0.39 is 22.9 Å². The molecule has 1 heterocycles. The zero-order valence-electron chi connectivity index (χ0n) is 7.93. The molecule has 0 bridgehead atoms. The number of halogens is 3. The minimum atomic E-state index is -1.17. The fraction of sp³-hybridized carbons (Fsp3) is 0. The minimum Gasteiger partial charge on any atom is -0.364 e. The van der Waals surface area contributed by atoms with Crippen molar-refractivity contribution < 1.29 is 13.2 Å². The van der Waals surface area contributed by atoms with Crippen molar-refractivity contribution in [1.29, 1.82) is 0 Å². The maximum atomic E-state index is 13.3. The average molecular weight is 225 g/mol. The SMILES string of the molecule is O=c1c(F)c[nH]cc1-c1cccc(F)c1F. The lowest BCUT2D eigenvalue weighted by Gasteiger charge is -2.02. The average Bonchev–Trinajstić information content (AvgIpc) is 2.27. The van der Waals surface area contributed by atoms with Crippen LogP contribution in [0.4, 0.5) is 13.2 Å². The molecule has 0 atom stereocenters. The van der Waals surface area contributed by atoms with E-state index in [0.717, 1.165) is 18.5 Å². The van der Waals surface area contributed by atoms with Crippen molar-refractivity contribution in [3.63, 3.8) is 0 Å². The highest BCUT2D eigenvalue weighted by atomic mass is 19.2. The number of hydrogen-bond donors (Lipinski definition) is 1.